The number of rotatable bonds is 3. The van der Waals surface area contributed by atoms with Gasteiger partial charge < -0.3 is 5.73 Å². The molecule has 2 N–H and O–H groups in total. The minimum atomic E-state index is 0.508. The average molecular weight is 254 g/mol. The highest BCUT2D eigenvalue weighted by atomic mass is 15.3. The lowest BCUT2D eigenvalue weighted by molar-refractivity contribution is 0.659. The van der Waals surface area contributed by atoms with Crippen molar-refractivity contribution in [1.82, 2.24) is 24.3 Å². The van der Waals surface area contributed by atoms with Crippen LogP contribution in [-0.2, 0) is 6.54 Å². The molecule has 0 unspecified atom stereocenters. The van der Waals surface area contributed by atoms with Gasteiger partial charge in [0.15, 0.2) is 0 Å². The number of aromatic nitrogens is 5. The quantitative estimate of drug-likeness (QED) is 0.772. The largest absolute Gasteiger partial charge is 0.384 e. The van der Waals surface area contributed by atoms with E-state index in [0.29, 0.717) is 5.82 Å². The Morgan fingerprint density at radius 2 is 2.11 bits per heavy atom. The molecular weight excluding hydrogens is 240 g/mol. The van der Waals surface area contributed by atoms with E-state index in [4.69, 9.17) is 5.73 Å². The molecule has 0 radical (unpaired) electrons. The Morgan fingerprint density at radius 1 is 1.21 bits per heavy atom. The van der Waals surface area contributed by atoms with Crippen LogP contribution >= 0.6 is 0 Å². The molecule has 6 heteroatoms. The van der Waals surface area contributed by atoms with Crippen molar-refractivity contribution in [2.24, 2.45) is 0 Å². The zero-order chi connectivity index (χ0) is 13.2. The molecule has 3 aromatic heterocycles. The highest BCUT2D eigenvalue weighted by Gasteiger charge is 2.08. The number of pyridine rings is 1. The molecule has 0 amide bonds. The molecule has 0 saturated carbocycles. The van der Waals surface area contributed by atoms with E-state index >= 15 is 0 Å². The summed E-state index contributed by atoms with van der Waals surface area (Å²) in [4.78, 5) is 8.31. The van der Waals surface area contributed by atoms with Crippen molar-refractivity contribution in [2.45, 2.75) is 13.5 Å². The van der Waals surface area contributed by atoms with Gasteiger partial charge in [-0.05, 0) is 19.1 Å². The van der Waals surface area contributed by atoms with E-state index in [1.54, 1.807) is 24.8 Å². The Balaban J connectivity index is 2.04. The predicted molar refractivity (Wildman–Crippen MR) is 72.7 cm³/mol. The van der Waals surface area contributed by atoms with Gasteiger partial charge >= 0.3 is 0 Å². The molecule has 0 aliphatic rings. The molecule has 3 aromatic rings. The van der Waals surface area contributed by atoms with Crippen LogP contribution in [0.5, 0.6) is 0 Å². The average Bonchev–Trinajstić information content (AvgIpc) is 3.07. The van der Waals surface area contributed by atoms with Crippen LogP contribution in [0.2, 0.25) is 0 Å². The maximum absolute atomic E-state index is 5.60. The number of anilines is 1. The number of imidazole rings is 1. The molecule has 0 fully saturated rings. The minimum Gasteiger partial charge on any atom is -0.384 e. The topological polar surface area (TPSA) is 74.5 Å². The van der Waals surface area contributed by atoms with Crippen LogP contribution in [0.25, 0.3) is 16.9 Å². The molecule has 19 heavy (non-hydrogen) atoms. The molecule has 3 heterocycles. The first-order valence-corrected chi connectivity index (χ1v) is 6.05. The van der Waals surface area contributed by atoms with E-state index in [1.807, 2.05) is 27.7 Å². The van der Waals surface area contributed by atoms with Gasteiger partial charge in [-0.15, -0.1) is 0 Å². The van der Waals surface area contributed by atoms with Crippen LogP contribution in [0.4, 0.5) is 5.82 Å². The molecule has 3 rings (SSSR count). The van der Waals surface area contributed by atoms with Gasteiger partial charge in [0.2, 0.25) is 0 Å². The molecule has 6 nitrogen and oxygen atoms in total. The van der Waals surface area contributed by atoms with Crippen molar-refractivity contribution in [3.63, 3.8) is 0 Å². The molecule has 0 aliphatic heterocycles. The molecule has 0 aliphatic carbocycles. The summed E-state index contributed by atoms with van der Waals surface area (Å²) in [5.74, 6) is 0.508. The molecule has 0 atom stereocenters. The maximum atomic E-state index is 5.60. The lowest BCUT2D eigenvalue weighted by atomic mass is 10.2. The SMILES string of the molecule is CCn1cc(-n2cncc2-c2ccc(N)nc2)cn1. The summed E-state index contributed by atoms with van der Waals surface area (Å²) in [6, 6.07) is 3.71. The molecule has 0 aromatic carbocycles. The summed E-state index contributed by atoms with van der Waals surface area (Å²) < 4.78 is 3.85. The summed E-state index contributed by atoms with van der Waals surface area (Å²) in [7, 11) is 0. The summed E-state index contributed by atoms with van der Waals surface area (Å²) in [5, 5.41) is 4.27. The number of nitrogen functional groups attached to an aromatic ring is 1. The van der Waals surface area contributed by atoms with Gasteiger partial charge in [-0.25, -0.2) is 9.97 Å². The molecule has 96 valence electrons. The second kappa shape index (κ2) is 4.56. The lowest BCUT2D eigenvalue weighted by Crippen LogP contribution is -1.96. The number of hydrogen-bond acceptors (Lipinski definition) is 4. The Labute approximate surface area is 110 Å². The Bertz CT molecular complexity index is 679. The van der Waals surface area contributed by atoms with E-state index in [-0.39, 0.29) is 0 Å². The van der Waals surface area contributed by atoms with E-state index in [9.17, 15) is 0 Å². The number of nitrogens with zero attached hydrogens (tertiary/aromatic N) is 5. The maximum Gasteiger partial charge on any atom is 0.123 e. The van der Waals surface area contributed by atoms with Crippen molar-refractivity contribution < 1.29 is 0 Å². The third-order valence-corrected chi connectivity index (χ3v) is 2.94. The van der Waals surface area contributed by atoms with Gasteiger partial charge in [0.05, 0.1) is 30.1 Å². The van der Waals surface area contributed by atoms with E-state index in [0.717, 1.165) is 23.5 Å². The Hall–Kier alpha value is -2.63. The van der Waals surface area contributed by atoms with Crippen molar-refractivity contribution in [3.05, 3.63) is 43.2 Å². The summed E-state index contributed by atoms with van der Waals surface area (Å²) in [6.45, 7) is 2.89. The van der Waals surface area contributed by atoms with Crippen molar-refractivity contribution in [1.29, 1.82) is 0 Å². The Kier molecular flexibility index (Phi) is 2.75. The molecule has 0 spiro atoms. The minimum absolute atomic E-state index is 0.508. The van der Waals surface area contributed by atoms with Crippen molar-refractivity contribution in [3.8, 4) is 16.9 Å². The van der Waals surface area contributed by atoms with Gasteiger partial charge in [0.25, 0.3) is 0 Å². The van der Waals surface area contributed by atoms with Crippen LogP contribution in [-0.4, -0.2) is 24.3 Å². The van der Waals surface area contributed by atoms with Crippen molar-refractivity contribution >= 4 is 5.82 Å². The van der Waals surface area contributed by atoms with Gasteiger partial charge in [0.1, 0.15) is 5.82 Å². The lowest BCUT2D eigenvalue weighted by Gasteiger charge is -2.05. The van der Waals surface area contributed by atoms with E-state index in [1.165, 1.54) is 0 Å². The molecule has 0 saturated heterocycles. The first kappa shape index (κ1) is 11.5. The van der Waals surface area contributed by atoms with Crippen LogP contribution < -0.4 is 5.73 Å². The normalized spacial score (nSPS) is 10.8. The first-order chi connectivity index (χ1) is 9.28. The second-order valence-corrected chi connectivity index (χ2v) is 4.17. The van der Waals surface area contributed by atoms with Crippen LogP contribution in [0.3, 0.4) is 0 Å². The molecular formula is C13H14N6. The van der Waals surface area contributed by atoms with Crippen LogP contribution in [0.15, 0.2) is 43.2 Å². The van der Waals surface area contributed by atoms with Crippen LogP contribution in [0, 0.1) is 0 Å². The van der Waals surface area contributed by atoms with Gasteiger partial charge in [-0.3, -0.25) is 9.25 Å². The third-order valence-electron chi connectivity index (χ3n) is 2.94. The summed E-state index contributed by atoms with van der Waals surface area (Å²) in [5.41, 5.74) is 8.51. The predicted octanol–water partition coefficient (Wildman–Crippen LogP) is 1.73. The highest BCUT2D eigenvalue weighted by Crippen LogP contribution is 2.22. The van der Waals surface area contributed by atoms with Crippen molar-refractivity contribution in [2.75, 3.05) is 5.73 Å². The fourth-order valence-electron chi connectivity index (χ4n) is 1.92. The smallest absolute Gasteiger partial charge is 0.123 e. The number of nitrogens with two attached hydrogens (primary N) is 1. The number of hydrogen-bond donors (Lipinski definition) is 1. The molecule has 0 bridgehead atoms. The van der Waals surface area contributed by atoms with Crippen LogP contribution in [0.1, 0.15) is 6.92 Å². The third kappa shape index (κ3) is 2.08. The summed E-state index contributed by atoms with van der Waals surface area (Å²) >= 11 is 0. The standard InChI is InChI=1S/C13H14N6/c1-2-18-8-11(6-17-18)19-9-15-7-12(19)10-3-4-13(14)16-5-10/h3-9H,2H2,1H3,(H2,14,16). The zero-order valence-corrected chi connectivity index (χ0v) is 10.6. The summed E-state index contributed by atoms with van der Waals surface area (Å²) in [6.07, 6.45) is 9.11. The fraction of sp³-hybridized carbons (Fsp3) is 0.154. The monoisotopic (exact) mass is 254 g/mol. The van der Waals surface area contributed by atoms with Gasteiger partial charge in [-0.2, -0.15) is 5.10 Å². The Morgan fingerprint density at radius 3 is 2.79 bits per heavy atom. The van der Waals surface area contributed by atoms with Gasteiger partial charge in [-0.1, -0.05) is 0 Å². The van der Waals surface area contributed by atoms with E-state index in [2.05, 4.69) is 22.0 Å². The zero-order valence-electron chi connectivity index (χ0n) is 10.6. The van der Waals surface area contributed by atoms with E-state index < -0.39 is 0 Å². The second-order valence-electron chi connectivity index (χ2n) is 4.17. The van der Waals surface area contributed by atoms with Gasteiger partial charge in [0, 0.05) is 24.5 Å². The highest BCUT2D eigenvalue weighted by molar-refractivity contribution is 5.61. The first-order valence-electron chi connectivity index (χ1n) is 6.05. The fourth-order valence-corrected chi connectivity index (χ4v) is 1.92. The number of aryl methyl sites for hydroxylation is 1.